The monoisotopic (exact) mass is 413 g/mol. The highest BCUT2D eigenvalue weighted by molar-refractivity contribution is 7.94. The van der Waals surface area contributed by atoms with Gasteiger partial charge in [-0.3, -0.25) is 14.4 Å². The zero-order valence-corrected chi connectivity index (χ0v) is 16.6. The van der Waals surface area contributed by atoms with E-state index >= 15 is 0 Å². The quantitative estimate of drug-likeness (QED) is 0.719. The van der Waals surface area contributed by atoms with Gasteiger partial charge in [0.1, 0.15) is 0 Å². The fraction of sp³-hybridized carbons (Fsp3) is 0.471. The third-order valence-corrected chi connectivity index (χ3v) is 6.96. The van der Waals surface area contributed by atoms with Gasteiger partial charge in [0, 0.05) is 38.7 Å². The lowest BCUT2D eigenvalue weighted by Gasteiger charge is -2.34. The molecule has 2 fully saturated rings. The molecule has 1 atom stereocenters. The summed E-state index contributed by atoms with van der Waals surface area (Å²) in [7, 11) is -3.81. The van der Waals surface area contributed by atoms with Crippen molar-refractivity contribution in [2.24, 2.45) is 5.92 Å². The van der Waals surface area contributed by atoms with Crippen LogP contribution >= 0.6 is 11.6 Å². The molecule has 10 heteroatoms. The Bertz CT molecular complexity index is 909. The molecule has 0 aliphatic carbocycles. The van der Waals surface area contributed by atoms with E-state index in [-0.39, 0.29) is 33.8 Å². The van der Waals surface area contributed by atoms with E-state index in [0.29, 0.717) is 30.5 Å². The molecule has 0 radical (unpaired) electrons. The van der Waals surface area contributed by atoms with Crippen LogP contribution in [0.2, 0.25) is 5.02 Å². The Hall–Kier alpha value is -2.13. The summed E-state index contributed by atoms with van der Waals surface area (Å²) in [5, 5.41) is 0.0824. The van der Waals surface area contributed by atoms with Crippen LogP contribution in [0.1, 0.15) is 24.2 Å². The van der Waals surface area contributed by atoms with E-state index in [4.69, 9.17) is 11.6 Å². The molecule has 0 aromatic heterocycles. The number of carbonyl (C=O) groups excluding carboxylic acids is 3. The highest BCUT2D eigenvalue weighted by Crippen LogP contribution is 2.34. The lowest BCUT2D eigenvalue weighted by Crippen LogP contribution is -2.50. The van der Waals surface area contributed by atoms with Gasteiger partial charge in [-0.05, 0) is 18.2 Å². The molecule has 0 N–H and O–H groups in total. The normalized spacial score (nSPS) is 22.3. The lowest BCUT2D eigenvalue weighted by molar-refractivity contribution is -0.130. The summed E-state index contributed by atoms with van der Waals surface area (Å²) in [4.78, 5) is 39.8. The van der Waals surface area contributed by atoms with Crippen molar-refractivity contribution in [1.29, 1.82) is 0 Å². The minimum atomic E-state index is -3.81. The predicted octanol–water partition coefficient (Wildman–Crippen LogP) is 0.957. The van der Waals surface area contributed by atoms with Crippen LogP contribution in [0, 0.1) is 5.92 Å². The van der Waals surface area contributed by atoms with Crippen LogP contribution in [0.4, 0.5) is 5.69 Å². The number of halogens is 1. The van der Waals surface area contributed by atoms with E-state index in [0.717, 1.165) is 0 Å². The summed E-state index contributed by atoms with van der Waals surface area (Å²) in [6.45, 7) is 4.67. The van der Waals surface area contributed by atoms with E-state index in [1.54, 1.807) is 9.80 Å². The Balaban J connectivity index is 1.87. The molecule has 1 aromatic rings. The molecule has 2 aliphatic rings. The number of carbonyl (C=O) groups is 3. The van der Waals surface area contributed by atoms with Crippen molar-refractivity contribution >= 4 is 45.0 Å². The van der Waals surface area contributed by atoms with E-state index in [1.807, 2.05) is 0 Å². The number of hydrogen-bond acceptors (Lipinski definition) is 5. The molecule has 2 saturated heterocycles. The topological polar surface area (TPSA) is 95.1 Å². The predicted molar refractivity (Wildman–Crippen MR) is 100 cm³/mol. The van der Waals surface area contributed by atoms with Gasteiger partial charge in [0.25, 0.3) is 5.91 Å². The standard InChI is InChI=1S/C17H20ClN3O5S/c1-11-10-27(25,26)21(16(11)23)15-9-13(3-4-14(15)18)17(24)20-7-5-19(6-8-20)12(2)22/h3-4,9,11H,5-8,10H2,1-2H3. The van der Waals surface area contributed by atoms with Crippen molar-refractivity contribution in [3.8, 4) is 0 Å². The number of hydrogen-bond donors (Lipinski definition) is 0. The summed E-state index contributed by atoms with van der Waals surface area (Å²) >= 11 is 6.13. The van der Waals surface area contributed by atoms with Crippen LogP contribution in [0.3, 0.4) is 0 Å². The second-order valence-corrected chi connectivity index (χ2v) is 9.02. The average molecular weight is 414 g/mol. The summed E-state index contributed by atoms with van der Waals surface area (Å²) in [6.07, 6.45) is 0. The minimum absolute atomic E-state index is 0.000705. The van der Waals surface area contributed by atoms with Crippen molar-refractivity contribution < 1.29 is 22.8 Å². The van der Waals surface area contributed by atoms with Gasteiger partial charge in [-0.2, -0.15) is 0 Å². The van der Waals surface area contributed by atoms with Gasteiger partial charge in [-0.1, -0.05) is 18.5 Å². The van der Waals surface area contributed by atoms with Gasteiger partial charge in [-0.25, -0.2) is 12.7 Å². The SMILES string of the molecule is CC(=O)N1CCN(C(=O)c2ccc(Cl)c(N3C(=O)C(C)CS3(=O)=O)c2)CC1. The van der Waals surface area contributed by atoms with Crippen molar-refractivity contribution in [2.75, 3.05) is 36.2 Å². The molecular formula is C17H20ClN3O5S. The molecule has 2 aliphatic heterocycles. The van der Waals surface area contributed by atoms with Gasteiger partial charge >= 0.3 is 0 Å². The van der Waals surface area contributed by atoms with Gasteiger partial charge < -0.3 is 9.80 Å². The number of rotatable bonds is 2. The van der Waals surface area contributed by atoms with E-state index in [1.165, 1.54) is 32.0 Å². The van der Waals surface area contributed by atoms with Crippen LogP contribution in [0.15, 0.2) is 18.2 Å². The first-order valence-corrected chi connectivity index (χ1v) is 10.5. The summed E-state index contributed by atoms with van der Waals surface area (Å²) in [5.41, 5.74) is 0.243. The average Bonchev–Trinajstić information content (AvgIpc) is 2.82. The number of anilines is 1. The van der Waals surface area contributed by atoms with Gasteiger partial charge in [-0.15, -0.1) is 0 Å². The summed E-state index contributed by atoms with van der Waals surface area (Å²) in [5.74, 6) is -1.84. The van der Waals surface area contributed by atoms with Crippen LogP contribution in [-0.4, -0.2) is 67.9 Å². The zero-order valence-electron chi connectivity index (χ0n) is 15.0. The number of piperazine rings is 1. The molecule has 3 rings (SSSR count). The van der Waals surface area contributed by atoms with Crippen LogP contribution in [-0.2, 0) is 19.6 Å². The Kier molecular flexibility index (Phi) is 5.18. The Labute approximate surface area is 162 Å². The number of nitrogens with zero attached hydrogens (tertiary/aromatic N) is 3. The van der Waals surface area contributed by atoms with E-state index in [9.17, 15) is 22.8 Å². The lowest BCUT2D eigenvalue weighted by atomic mass is 10.1. The molecule has 0 spiro atoms. The summed E-state index contributed by atoms with van der Waals surface area (Å²) < 4.78 is 25.4. The molecule has 146 valence electrons. The Morgan fingerprint density at radius 1 is 1.11 bits per heavy atom. The zero-order chi connectivity index (χ0) is 19.9. The minimum Gasteiger partial charge on any atom is -0.339 e. The third-order valence-electron chi connectivity index (χ3n) is 4.78. The van der Waals surface area contributed by atoms with Gasteiger partial charge in [0.05, 0.1) is 22.4 Å². The molecule has 2 heterocycles. The largest absolute Gasteiger partial charge is 0.339 e. The highest BCUT2D eigenvalue weighted by atomic mass is 35.5. The van der Waals surface area contributed by atoms with Crippen molar-refractivity contribution in [2.45, 2.75) is 13.8 Å². The molecule has 8 nitrogen and oxygen atoms in total. The molecular weight excluding hydrogens is 394 g/mol. The fourth-order valence-electron chi connectivity index (χ4n) is 3.28. The third kappa shape index (κ3) is 3.66. The Morgan fingerprint density at radius 3 is 2.22 bits per heavy atom. The fourth-order valence-corrected chi connectivity index (χ4v) is 5.36. The maximum absolute atomic E-state index is 12.8. The van der Waals surface area contributed by atoms with Crippen LogP contribution in [0.25, 0.3) is 0 Å². The first-order valence-electron chi connectivity index (χ1n) is 8.53. The van der Waals surface area contributed by atoms with E-state index in [2.05, 4.69) is 0 Å². The smallest absolute Gasteiger partial charge is 0.254 e. The van der Waals surface area contributed by atoms with Crippen LogP contribution in [0.5, 0.6) is 0 Å². The van der Waals surface area contributed by atoms with Gasteiger partial charge in [0.2, 0.25) is 21.8 Å². The number of sulfonamides is 1. The van der Waals surface area contributed by atoms with Gasteiger partial charge in [0.15, 0.2) is 0 Å². The molecule has 0 bridgehead atoms. The second kappa shape index (κ2) is 7.12. The first kappa shape index (κ1) is 19.6. The van der Waals surface area contributed by atoms with Crippen LogP contribution < -0.4 is 4.31 Å². The molecule has 1 unspecified atom stereocenters. The molecule has 27 heavy (non-hydrogen) atoms. The summed E-state index contributed by atoms with van der Waals surface area (Å²) in [6, 6.07) is 4.26. The maximum Gasteiger partial charge on any atom is 0.254 e. The Morgan fingerprint density at radius 2 is 1.70 bits per heavy atom. The number of benzene rings is 1. The highest BCUT2D eigenvalue weighted by Gasteiger charge is 2.43. The first-order chi connectivity index (χ1) is 12.6. The molecule has 3 amide bonds. The second-order valence-electron chi connectivity index (χ2n) is 6.75. The van der Waals surface area contributed by atoms with Crippen molar-refractivity contribution in [3.63, 3.8) is 0 Å². The van der Waals surface area contributed by atoms with Crippen molar-refractivity contribution in [3.05, 3.63) is 28.8 Å². The molecule has 0 saturated carbocycles. The van der Waals surface area contributed by atoms with E-state index < -0.39 is 21.8 Å². The maximum atomic E-state index is 12.8. The molecule has 1 aromatic carbocycles. The number of amides is 3. The van der Waals surface area contributed by atoms with Crippen molar-refractivity contribution in [1.82, 2.24) is 9.80 Å².